The van der Waals surface area contributed by atoms with E-state index in [1.807, 2.05) is 0 Å². The summed E-state index contributed by atoms with van der Waals surface area (Å²) < 4.78 is 1.66. The molecule has 0 radical (unpaired) electrons. The maximum absolute atomic E-state index is 10.5. The summed E-state index contributed by atoms with van der Waals surface area (Å²) in [4.78, 5) is 10.5. The van der Waals surface area contributed by atoms with Crippen molar-refractivity contribution in [2.45, 2.75) is 6.61 Å². The van der Waals surface area contributed by atoms with Gasteiger partial charge in [-0.15, -0.1) is 0 Å². The number of carbonyl (C=O) groups is 1. The van der Waals surface area contributed by atoms with E-state index in [9.17, 15) is 4.79 Å². The largest absolute Gasteiger partial charge is 0.476 e. The molecular weight excluding hydrogens is 228 g/mol. The zero-order chi connectivity index (χ0) is 9.30. The molecule has 1 heterocycles. The van der Waals surface area contributed by atoms with Crippen molar-refractivity contribution < 1.29 is 15.0 Å². The van der Waals surface area contributed by atoms with Gasteiger partial charge in [0, 0.05) is 7.05 Å². The number of aromatic nitrogens is 2. The van der Waals surface area contributed by atoms with Crippen molar-refractivity contribution in [2.75, 3.05) is 0 Å². The Kier molecular flexibility index (Phi) is 2.49. The number of hydrogen-bond acceptors (Lipinski definition) is 3. The maximum atomic E-state index is 10.5. The van der Waals surface area contributed by atoms with Gasteiger partial charge in [0.25, 0.3) is 0 Å². The van der Waals surface area contributed by atoms with E-state index in [0.717, 1.165) is 0 Å². The molecule has 1 rings (SSSR count). The number of carboxylic acid groups (broad SMARTS) is 1. The number of halogens is 1. The fraction of sp³-hybridized carbons (Fsp3) is 0.333. The van der Waals surface area contributed by atoms with Crippen LogP contribution in [0.4, 0.5) is 0 Å². The second kappa shape index (κ2) is 3.24. The lowest BCUT2D eigenvalue weighted by Gasteiger charge is -1.94. The summed E-state index contributed by atoms with van der Waals surface area (Å²) in [6.45, 7) is -0.239. The Morgan fingerprint density at radius 2 is 2.33 bits per heavy atom. The van der Waals surface area contributed by atoms with Gasteiger partial charge in [0.2, 0.25) is 0 Å². The van der Waals surface area contributed by atoms with Crippen LogP contribution in [0.1, 0.15) is 16.2 Å². The zero-order valence-corrected chi connectivity index (χ0v) is 7.87. The summed E-state index contributed by atoms with van der Waals surface area (Å²) >= 11 is 3.04. The minimum atomic E-state index is -1.11. The van der Waals surface area contributed by atoms with Gasteiger partial charge < -0.3 is 10.2 Å². The van der Waals surface area contributed by atoms with Crippen LogP contribution in [-0.4, -0.2) is 26.0 Å². The van der Waals surface area contributed by atoms with Gasteiger partial charge in [-0.2, -0.15) is 5.10 Å². The molecule has 0 amide bonds. The predicted octanol–water partition coefficient (Wildman–Crippen LogP) is 0.373. The summed E-state index contributed by atoms with van der Waals surface area (Å²) in [6, 6.07) is 0. The Balaban J connectivity index is 3.26. The first-order valence-electron chi connectivity index (χ1n) is 3.13. The SMILES string of the molecule is Cn1nc(C(=O)O)c(Br)c1CO. The molecule has 0 aliphatic carbocycles. The average Bonchev–Trinajstić information content (AvgIpc) is 2.27. The average molecular weight is 235 g/mol. The van der Waals surface area contributed by atoms with Crippen molar-refractivity contribution in [3.05, 3.63) is 15.9 Å². The lowest BCUT2D eigenvalue weighted by molar-refractivity contribution is 0.0688. The first-order chi connectivity index (χ1) is 5.57. The summed E-state index contributed by atoms with van der Waals surface area (Å²) in [5.41, 5.74) is 0.369. The fourth-order valence-electron chi connectivity index (χ4n) is 0.841. The second-order valence-corrected chi connectivity index (χ2v) is 2.99. The van der Waals surface area contributed by atoms with Crippen LogP contribution < -0.4 is 0 Å². The second-order valence-electron chi connectivity index (χ2n) is 2.20. The highest BCUT2D eigenvalue weighted by Crippen LogP contribution is 2.20. The number of aromatic carboxylic acids is 1. The molecule has 2 N–H and O–H groups in total. The third kappa shape index (κ3) is 1.35. The molecule has 0 aromatic carbocycles. The number of aryl methyl sites for hydroxylation is 1. The number of aliphatic hydroxyl groups is 1. The third-order valence-electron chi connectivity index (χ3n) is 1.45. The van der Waals surface area contributed by atoms with E-state index in [1.165, 1.54) is 4.68 Å². The zero-order valence-electron chi connectivity index (χ0n) is 6.28. The fourth-order valence-corrected chi connectivity index (χ4v) is 1.47. The topological polar surface area (TPSA) is 75.4 Å². The molecule has 0 aliphatic heterocycles. The standard InChI is InChI=1S/C6H7BrN2O3/c1-9-3(2-10)4(7)5(8-9)6(11)12/h10H,2H2,1H3,(H,11,12). The number of hydrogen-bond donors (Lipinski definition) is 2. The number of rotatable bonds is 2. The first-order valence-corrected chi connectivity index (χ1v) is 3.92. The van der Waals surface area contributed by atoms with Crippen molar-refractivity contribution in [3.63, 3.8) is 0 Å². The normalized spacial score (nSPS) is 10.2. The van der Waals surface area contributed by atoms with Crippen LogP contribution in [0.3, 0.4) is 0 Å². The van der Waals surface area contributed by atoms with Gasteiger partial charge in [0.15, 0.2) is 5.69 Å². The molecule has 0 fully saturated rings. The molecule has 5 nitrogen and oxygen atoms in total. The van der Waals surface area contributed by atoms with Crippen LogP contribution in [0.2, 0.25) is 0 Å². The van der Waals surface area contributed by atoms with Gasteiger partial charge in [-0.05, 0) is 15.9 Å². The minimum absolute atomic E-state index is 0.0819. The molecule has 0 unspecified atom stereocenters. The van der Waals surface area contributed by atoms with Gasteiger partial charge in [-0.25, -0.2) is 4.79 Å². The van der Waals surface area contributed by atoms with E-state index in [4.69, 9.17) is 10.2 Å². The van der Waals surface area contributed by atoms with E-state index in [1.54, 1.807) is 7.05 Å². The summed E-state index contributed by atoms with van der Waals surface area (Å²) in [5, 5.41) is 21.1. The van der Waals surface area contributed by atoms with Gasteiger partial charge in [0.05, 0.1) is 16.8 Å². The summed E-state index contributed by atoms with van der Waals surface area (Å²) in [6.07, 6.45) is 0. The van der Waals surface area contributed by atoms with Gasteiger partial charge in [-0.1, -0.05) is 0 Å². The van der Waals surface area contributed by atoms with Crippen LogP contribution in [0.25, 0.3) is 0 Å². The van der Waals surface area contributed by atoms with Crippen LogP contribution in [-0.2, 0) is 13.7 Å². The molecule has 12 heavy (non-hydrogen) atoms. The highest BCUT2D eigenvalue weighted by Gasteiger charge is 2.17. The van der Waals surface area contributed by atoms with E-state index in [0.29, 0.717) is 10.2 Å². The molecule has 0 bridgehead atoms. The molecule has 1 aromatic rings. The Hall–Kier alpha value is -0.880. The van der Waals surface area contributed by atoms with E-state index in [2.05, 4.69) is 21.0 Å². The van der Waals surface area contributed by atoms with Crippen molar-refractivity contribution in [1.29, 1.82) is 0 Å². The van der Waals surface area contributed by atoms with Gasteiger partial charge >= 0.3 is 5.97 Å². The molecule has 6 heteroatoms. The van der Waals surface area contributed by atoms with Crippen LogP contribution in [0, 0.1) is 0 Å². The molecular formula is C6H7BrN2O3. The molecule has 0 atom stereocenters. The molecule has 0 saturated heterocycles. The Bertz CT molecular complexity index is 321. The Labute approximate surface area is 76.8 Å². The van der Waals surface area contributed by atoms with E-state index >= 15 is 0 Å². The van der Waals surface area contributed by atoms with Gasteiger partial charge in [0.1, 0.15) is 0 Å². The highest BCUT2D eigenvalue weighted by molar-refractivity contribution is 9.10. The summed E-state index contributed by atoms with van der Waals surface area (Å²) in [7, 11) is 1.57. The molecule has 1 aromatic heterocycles. The van der Waals surface area contributed by atoms with E-state index < -0.39 is 5.97 Å². The van der Waals surface area contributed by atoms with Crippen LogP contribution >= 0.6 is 15.9 Å². The van der Waals surface area contributed by atoms with Crippen LogP contribution in [0.15, 0.2) is 4.47 Å². The van der Waals surface area contributed by atoms with E-state index in [-0.39, 0.29) is 12.3 Å². The molecule has 66 valence electrons. The number of aliphatic hydroxyl groups excluding tert-OH is 1. The molecule has 0 saturated carbocycles. The Morgan fingerprint density at radius 1 is 1.75 bits per heavy atom. The maximum Gasteiger partial charge on any atom is 0.357 e. The smallest absolute Gasteiger partial charge is 0.357 e. The first kappa shape index (κ1) is 9.21. The van der Waals surface area contributed by atoms with Crippen molar-refractivity contribution >= 4 is 21.9 Å². The lowest BCUT2D eigenvalue weighted by atomic mass is 10.3. The molecule has 0 spiro atoms. The van der Waals surface area contributed by atoms with Crippen molar-refractivity contribution in [1.82, 2.24) is 9.78 Å². The van der Waals surface area contributed by atoms with Crippen molar-refractivity contribution in [2.24, 2.45) is 7.05 Å². The highest BCUT2D eigenvalue weighted by atomic mass is 79.9. The monoisotopic (exact) mass is 234 g/mol. The van der Waals surface area contributed by atoms with Crippen LogP contribution in [0.5, 0.6) is 0 Å². The minimum Gasteiger partial charge on any atom is -0.476 e. The Morgan fingerprint density at radius 3 is 2.58 bits per heavy atom. The predicted molar refractivity (Wildman–Crippen MR) is 43.8 cm³/mol. The number of carboxylic acids is 1. The molecule has 0 aliphatic rings. The van der Waals surface area contributed by atoms with Gasteiger partial charge in [-0.3, -0.25) is 4.68 Å². The lowest BCUT2D eigenvalue weighted by Crippen LogP contribution is -2.00. The van der Waals surface area contributed by atoms with Crippen molar-refractivity contribution in [3.8, 4) is 0 Å². The number of nitrogens with zero attached hydrogens (tertiary/aromatic N) is 2. The quantitative estimate of drug-likeness (QED) is 0.776. The third-order valence-corrected chi connectivity index (χ3v) is 2.29. The summed E-state index contributed by atoms with van der Waals surface area (Å²) in [5.74, 6) is -1.11.